The Balaban J connectivity index is 1.55. The highest BCUT2D eigenvalue weighted by Gasteiger charge is 2.04. The van der Waals surface area contributed by atoms with Gasteiger partial charge in [0.2, 0.25) is 0 Å². The highest BCUT2D eigenvalue weighted by Crippen LogP contribution is 2.17. The Morgan fingerprint density at radius 3 is 2.92 bits per heavy atom. The first-order chi connectivity index (χ1) is 11.6. The maximum Gasteiger partial charge on any atom is 0.258 e. The summed E-state index contributed by atoms with van der Waals surface area (Å²) < 4.78 is 8.17. The van der Waals surface area contributed by atoms with Crippen molar-refractivity contribution in [3.05, 3.63) is 74.7 Å². The number of hydrogen-bond acceptors (Lipinski definition) is 4. The maximum atomic E-state index is 12.1. The van der Waals surface area contributed by atoms with Crippen LogP contribution in [0.15, 0.2) is 57.9 Å². The van der Waals surface area contributed by atoms with Gasteiger partial charge < -0.3 is 4.74 Å². The quantitative estimate of drug-likeness (QED) is 0.580. The monoisotopic (exact) mass is 404 g/mol. The van der Waals surface area contributed by atoms with Crippen molar-refractivity contribution in [3.8, 4) is 5.75 Å². The molecule has 6 heteroatoms. The average Bonchev–Trinajstić information content (AvgIpc) is 2.57. The van der Waals surface area contributed by atoms with Gasteiger partial charge in [0.1, 0.15) is 11.4 Å². The van der Waals surface area contributed by atoms with Crippen LogP contribution in [0, 0.1) is 6.92 Å². The first-order valence-electron chi connectivity index (χ1n) is 7.57. The van der Waals surface area contributed by atoms with Crippen LogP contribution in [0.3, 0.4) is 0 Å². The summed E-state index contributed by atoms with van der Waals surface area (Å²) in [4.78, 5) is 16.7. The highest BCUT2D eigenvalue weighted by molar-refractivity contribution is 9.10. The van der Waals surface area contributed by atoms with Crippen molar-refractivity contribution in [2.24, 2.45) is 0 Å². The molecule has 1 aromatic carbocycles. The van der Waals surface area contributed by atoms with Crippen molar-refractivity contribution in [1.29, 1.82) is 0 Å². The minimum atomic E-state index is -0.0620. The van der Waals surface area contributed by atoms with Crippen LogP contribution in [0.1, 0.15) is 11.3 Å². The van der Waals surface area contributed by atoms with Crippen LogP contribution in [0.5, 0.6) is 5.75 Å². The van der Waals surface area contributed by atoms with Crippen LogP contribution >= 0.6 is 27.7 Å². The summed E-state index contributed by atoms with van der Waals surface area (Å²) in [5, 5.41) is 0. The molecule has 0 radical (unpaired) electrons. The number of fused-ring (bicyclic) bond motifs is 1. The van der Waals surface area contributed by atoms with Gasteiger partial charge in [-0.15, -0.1) is 0 Å². The summed E-state index contributed by atoms with van der Waals surface area (Å²) in [6, 6.07) is 13.3. The third-order valence-electron chi connectivity index (χ3n) is 3.51. The van der Waals surface area contributed by atoms with E-state index in [1.54, 1.807) is 28.4 Å². The number of rotatable bonds is 6. The summed E-state index contributed by atoms with van der Waals surface area (Å²) in [5.74, 6) is 2.46. The molecule has 0 spiro atoms. The third kappa shape index (κ3) is 4.19. The normalized spacial score (nSPS) is 10.9. The van der Waals surface area contributed by atoms with E-state index in [0.29, 0.717) is 18.0 Å². The summed E-state index contributed by atoms with van der Waals surface area (Å²) in [6.45, 7) is 2.67. The molecular weight excluding hydrogens is 388 g/mol. The van der Waals surface area contributed by atoms with Gasteiger partial charge in [0.15, 0.2) is 0 Å². The molecule has 0 amide bonds. The van der Waals surface area contributed by atoms with E-state index in [1.807, 2.05) is 43.3 Å². The van der Waals surface area contributed by atoms with Gasteiger partial charge in [-0.25, -0.2) is 4.98 Å². The van der Waals surface area contributed by atoms with Gasteiger partial charge >= 0.3 is 0 Å². The van der Waals surface area contributed by atoms with Gasteiger partial charge in [-0.3, -0.25) is 9.20 Å². The molecule has 0 bridgehead atoms. The Morgan fingerprint density at radius 1 is 1.25 bits per heavy atom. The lowest BCUT2D eigenvalue weighted by atomic mass is 10.2. The minimum absolute atomic E-state index is 0.0620. The number of para-hydroxylation sites is 1. The van der Waals surface area contributed by atoms with Gasteiger partial charge in [-0.05, 0) is 46.6 Å². The third-order valence-corrected chi connectivity index (χ3v) is 4.93. The molecule has 0 aliphatic rings. The molecule has 124 valence electrons. The van der Waals surface area contributed by atoms with E-state index >= 15 is 0 Å². The first kappa shape index (κ1) is 17.0. The van der Waals surface area contributed by atoms with Crippen LogP contribution in [-0.4, -0.2) is 21.7 Å². The van der Waals surface area contributed by atoms with Crippen LogP contribution in [-0.2, 0) is 5.75 Å². The fourth-order valence-electron chi connectivity index (χ4n) is 2.31. The second-order valence-corrected chi connectivity index (χ2v) is 7.35. The topological polar surface area (TPSA) is 43.6 Å². The number of pyridine rings is 1. The van der Waals surface area contributed by atoms with Gasteiger partial charge in [0, 0.05) is 28.2 Å². The molecule has 0 saturated heterocycles. The van der Waals surface area contributed by atoms with E-state index in [4.69, 9.17) is 4.74 Å². The summed E-state index contributed by atoms with van der Waals surface area (Å²) in [6.07, 6.45) is 1.73. The molecule has 0 atom stereocenters. The molecule has 4 nitrogen and oxygen atoms in total. The summed E-state index contributed by atoms with van der Waals surface area (Å²) in [5.41, 5.74) is 2.53. The second kappa shape index (κ2) is 7.85. The van der Waals surface area contributed by atoms with Gasteiger partial charge in [0.05, 0.1) is 12.3 Å². The molecular formula is C18H17BrN2O2S. The Hall–Kier alpha value is -1.79. The van der Waals surface area contributed by atoms with Gasteiger partial charge in [-0.2, -0.15) is 11.8 Å². The predicted molar refractivity (Wildman–Crippen MR) is 102 cm³/mol. The number of thioether (sulfide) groups is 1. The van der Waals surface area contributed by atoms with Crippen LogP contribution < -0.4 is 10.3 Å². The number of ether oxygens (including phenoxy) is 1. The highest BCUT2D eigenvalue weighted by atomic mass is 79.9. The fourth-order valence-corrected chi connectivity index (χ4v) is 3.35. The lowest BCUT2D eigenvalue weighted by Gasteiger charge is -2.08. The zero-order valence-electron chi connectivity index (χ0n) is 13.2. The van der Waals surface area contributed by atoms with Gasteiger partial charge in [-0.1, -0.05) is 18.2 Å². The smallest absolute Gasteiger partial charge is 0.258 e. The average molecular weight is 405 g/mol. The number of hydrogen-bond donors (Lipinski definition) is 0. The predicted octanol–water partition coefficient (Wildman–Crippen LogP) is 4.08. The second-order valence-electron chi connectivity index (χ2n) is 5.33. The standard InChI is InChI=1S/C18H17BrN2O2S/c1-13-4-2-3-5-16(13)23-8-9-24-12-15-10-18(22)21-11-14(19)6-7-17(21)20-15/h2-7,10-11H,8-9,12H2,1H3. The molecule has 2 aromatic heterocycles. The van der Waals surface area contributed by atoms with Crippen molar-refractivity contribution in [2.45, 2.75) is 12.7 Å². The Labute approximate surface area is 153 Å². The number of nitrogens with zero attached hydrogens (tertiary/aromatic N) is 2. The molecule has 3 aromatic rings. The number of halogens is 1. The SMILES string of the molecule is Cc1ccccc1OCCSCc1cc(=O)n2cc(Br)ccc2n1. The minimum Gasteiger partial charge on any atom is -0.492 e. The Kier molecular flexibility index (Phi) is 5.58. The molecule has 2 heterocycles. The number of aryl methyl sites for hydroxylation is 1. The lowest BCUT2D eigenvalue weighted by Crippen LogP contribution is -2.15. The van der Waals surface area contributed by atoms with Crippen LogP contribution in [0.25, 0.3) is 5.65 Å². The Morgan fingerprint density at radius 2 is 2.08 bits per heavy atom. The molecule has 0 fully saturated rings. The van der Waals surface area contributed by atoms with Crippen molar-refractivity contribution < 1.29 is 4.74 Å². The van der Waals surface area contributed by atoms with Crippen molar-refractivity contribution >= 4 is 33.3 Å². The van der Waals surface area contributed by atoms with E-state index in [0.717, 1.165) is 27.2 Å². The molecule has 3 rings (SSSR count). The molecule has 0 aliphatic carbocycles. The first-order valence-corrected chi connectivity index (χ1v) is 9.52. The summed E-state index contributed by atoms with van der Waals surface area (Å²) in [7, 11) is 0. The zero-order chi connectivity index (χ0) is 16.9. The van der Waals surface area contributed by atoms with E-state index in [-0.39, 0.29) is 5.56 Å². The molecule has 0 unspecified atom stereocenters. The Bertz CT molecular complexity index is 911. The van der Waals surface area contributed by atoms with E-state index in [9.17, 15) is 4.79 Å². The van der Waals surface area contributed by atoms with E-state index in [1.165, 1.54) is 0 Å². The molecule has 0 N–H and O–H groups in total. The zero-order valence-corrected chi connectivity index (χ0v) is 15.6. The molecule has 24 heavy (non-hydrogen) atoms. The van der Waals surface area contributed by atoms with E-state index in [2.05, 4.69) is 20.9 Å². The molecule has 0 saturated carbocycles. The molecule has 0 aliphatic heterocycles. The van der Waals surface area contributed by atoms with Crippen LogP contribution in [0.4, 0.5) is 0 Å². The number of benzene rings is 1. The van der Waals surface area contributed by atoms with E-state index < -0.39 is 0 Å². The number of aromatic nitrogens is 2. The van der Waals surface area contributed by atoms with Gasteiger partial charge in [0.25, 0.3) is 5.56 Å². The van der Waals surface area contributed by atoms with Crippen molar-refractivity contribution in [1.82, 2.24) is 9.38 Å². The maximum absolute atomic E-state index is 12.1. The summed E-state index contributed by atoms with van der Waals surface area (Å²) >= 11 is 5.07. The lowest BCUT2D eigenvalue weighted by molar-refractivity contribution is 0.341. The fraction of sp³-hybridized carbons (Fsp3) is 0.222. The largest absolute Gasteiger partial charge is 0.492 e. The van der Waals surface area contributed by atoms with Crippen molar-refractivity contribution in [2.75, 3.05) is 12.4 Å². The van der Waals surface area contributed by atoms with Crippen LogP contribution in [0.2, 0.25) is 0 Å². The van der Waals surface area contributed by atoms with Crippen molar-refractivity contribution in [3.63, 3.8) is 0 Å².